The molecule has 0 spiro atoms. The molecule has 19 heavy (non-hydrogen) atoms. The van der Waals surface area contributed by atoms with E-state index < -0.39 is 0 Å². The van der Waals surface area contributed by atoms with Crippen LogP contribution in [0.4, 0.5) is 0 Å². The van der Waals surface area contributed by atoms with Gasteiger partial charge in [0.15, 0.2) is 11.6 Å². The molecule has 0 aliphatic carbocycles. The van der Waals surface area contributed by atoms with Crippen molar-refractivity contribution in [2.45, 2.75) is 6.92 Å². The minimum absolute atomic E-state index is 0.172. The smallest absolute Gasteiger partial charge is 0.196 e. The molecule has 1 aromatic carbocycles. The summed E-state index contributed by atoms with van der Waals surface area (Å²) in [4.78, 5) is 19.5. The van der Waals surface area contributed by atoms with E-state index >= 15 is 0 Å². The summed E-state index contributed by atoms with van der Waals surface area (Å²) in [5.41, 5.74) is 1.42. The van der Waals surface area contributed by atoms with E-state index in [1.54, 1.807) is 32.5 Å². The minimum atomic E-state index is -0.172. The Balaban J connectivity index is 2.52. The van der Waals surface area contributed by atoms with E-state index in [-0.39, 0.29) is 11.6 Å². The molecule has 0 N–H and O–H groups in total. The topological polar surface area (TPSA) is 61.3 Å². The van der Waals surface area contributed by atoms with E-state index in [1.165, 1.54) is 6.92 Å². The first kappa shape index (κ1) is 13.0. The van der Waals surface area contributed by atoms with Crippen molar-refractivity contribution in [2.24, 2.45) is 0 Å². The second-order valence-corrected chi connectivity index (χ2v) is 3.89. The lowest BCUT2D eigenvalue weighted by atomic mass is 10.1. The first-order valence-electron chi connectivity index (χ1n) is 5.72. The van der Waals surface area contributed by atoms with Gasteiger partial charge in [-0.25, -0.2) is 9.97 Å². The number of methoxy groups -OCH3 is 2. The molecular weight excluding hydrogens is 244 g/mol. The van der Waals surface area contributed by atoms with E-state index in [0.717, 1.165) is 5.56 Å². The zero-order valence-electron chi connectivity index (χ0n) is 11.0. The Bertz CT molecular complexity index is 611. The second kappa shape index (κ2) is 5.48. The van der Waals surface area contributed by atoms with Crippen LogP contribution in [0, 0.1) is 0 Å². The van der Waals surface area contributed by atoms with Gasteiger partial charge in [0.1, 0.15) is 11.5 Å². The summed E-state index contributed by atoms with van der Waals surface area (Å²) < 4.78 is 10.5. The van der Waals surface area contributed by atoms with Gasteiger partial charge in [-0.15, -0.1) is 0 Å². The molecule has 2 aromatic rings. The number of aromatic nitrogens is 2. The molecule has 5 nitrogen and oxygen atoms in total. The Hall–Kier alpha value is -2.43. The maximum atomic E-state index is 11.3. The second-order valence-electron chi connectivity index (χ2n) is 3.89. The number of hydrogen-bond donors (Lipinski definition) is 0. The van der Waals surface area contributed by atoms with Crippen LogP contribution in [-0.4, -0.2) is 30.0 Å². The molecule has 5 heteroatoms. The number of benzene rings is 1. The highest BCUT2D eigenvalue weighted by Crippen LogP contribution is 2.31. The predicted molar refractivity (Wildman–Crippen MR) is 70.6 cm³/mol. The fraction of sp³-hybridized carbons (Fsp3) is 0.214. The summed E-state index contributed by atoms with van der Waals surface area (Å²) in [7, 11) is 3.17. The summed E-state index contributed by atoms with van der Waals surface area (Å²) >= 11 is 0. The quantitative estimate of drug-likeness (QED) is 0.788. The number of rotatable bonds is 4. The van der Waals surface area contributed by atoms with E-state index in [1.807, 2.05) is 12.1 Å². The highest BCUT2D eigenvalue weighted by atomic mass is 16.5. The lowest BCUT2D eigenvalue weighted by molar-refractivity contribution is 0.100. The van der Waals surface area contributed by atoms with Crippen LogP contribution in [0.25, 0.3) is 11.3 Å². The van der Waals surface area contributed by atoms with E-state index in [0.29, 0.717) is 17.2 Å². The fourth-order valence-electron chi connectivity index (χ4n) is 1.69. The van der Waals surface area contributed by atoms with Gasteiger partial charge in [0.2, 0.25) is 0 Å². The molecule has 0 bridgehead atoms. The average molecular weight is 258 g/mol. The Morgan fingerprint density at radius 2 is 1.95 bits per heavy atom. The van der Waals surface area contributed by atoms with Gasteiger partial charge >= 0.3 is 0 Å². The van der Waals surface area contributed by atoms with E-state index in [9.17, 15) is 4.79 Å². The summed E-state index contributed by atoms with van der Waals surface area (Å²) in [6.07, 6.45) is 1.56. The maximum absolute atomic E-state index is 11.3. The number of hydrogen-bond acceptors (Lipinski definition) is 5. The van der Waals surface area contributed by atoms with Crippen LogP contribution in [0.2, 0.25) is 0 Å². The number of carbonyl (C=O) groups is 1. The van der Waals surface area contributed by atoms with Crippen LogP contribution in [-0.2, 0) is 0 Å². The van der Waals surface area contributed by atoms with Crippen LogP contribution in [0.15, 0.2) is 30.5 Å². The zero-order valence-corrected chi connectivity index (χ0v) is 11.0. The van der Waals surface area contributed by atoms with Gasteiger partial charge in [-0.1, -0.05) is 0 Å². The Labute approximate surface area is 111 Å². The van der Waals surface area contributed by atoms with Crippen LogP contribution in [0.1, 0.15) is 17.5 Å². The van der Waals surface area contributed by atoms with Gasteiger partial charge < -0.3 is 9.47 Å². The molecule has 0 fully saturated rings. The third-order valence-corrected chi connectivity index (χ3v) is 2.66. The SMILES string of the molecule is COc1ccc(-c2ccnc(C(C)=O)n2)c(OC)c1. The highest BCUT2D eigenvalue weighted by molar-refractivity contribution is 5.90. The van der Waals surface area contributed by atoms with Gasteiger partial charge in [-0.05, 0) is 18.2 Å². The highest BCUT2D eigenvalue weighted by Gasteiger charge is 2.11. The number of Topliss-reactive ketones (excluding diaryl/α,β-unsaturated/α-hetero) is 1. The third kappa shape index (κ3) is 2.70. The van der Waals surface area contributed by atoms with Crippen molar-refractivity contribution >= 4 is 5.78 Å². The Morgan fingerprint density at radius 1 is 1.16 bits per heavy atom. The summed E-state index contributed by atoms with van der Waals surface area (Å²) in [5.74, 6) is 1.35. The lowest BCUT2D eigenvalue weighted by Crippen LogP contribution is -2.02. The molecule has 98 valence electrons. The van der Waals surface area contributed by atoms with Gasteiger partial charge in [0, 0.05) is 24.8 Å². The maximum Gasteiger partial charge on any atom is 0.196 e. The summed E-state index contributed by atoms with van der Waals surface area (Å²) in [6.45, 7) is 1.43. The van der Waals surface area contributed by atoms with E-state index in [2.05, 4.69) is 9.97 Å². The summed E-state index contributed by atoms with van der Waals surface area (Å²) in [6, 6.07) is 7.15. The fourth-order valence-corrected chi connectivity index (χ4v) is 1.69. The summed E-state index contributed by atoms with van der Waals surface area (Å²) in [5, 5.41) is 0. The number of ketones is 1. The van der Waals surface area contributed by atoms with Crippen LogP contribution in [0.3, 0.4) is 0 Å². The van der Waals surface area contributed by atoms with Crippen molar-refractivity contribution < 1.29 is 14.3 Å². The molecule has 0 aliphatic rings. The first-order valence-corrected chi connectivity index (χ1v) is 5.72. The molecule has 1 aromatic heterocycles. The number of ether oxygens (including phenoxy) is 2. The lowest BCUT2D eigenvalue weighted by Gasteiger charge is -2.10. The molecule has 0 saturated carbocycles. The van der Waals surface area contributed by atoms with Crippen LogP contribution < -0.4 is 9.47 Å². The van der Waals surface area contributed by atoms with Crippen molar-refractivity contribution in [3.05, 3.63) is 36.3 Å². The molecule has 2 rings (SSSR count). The number of nitrogens with zero attached hydrogens (tertiary/aromatic N) is 2. The largest absolute Gasteiger partial charge is 0.497 e. The average Bonchev–Trinajstić information content (AvgIpc) is 2.46. The van der Waals surface area contributed by atoms with Crippen LogP contribution in [0.5, 0.6) is 11.5 Å². The Morgan fingerprint density at radius 3 is 2.58 bits per heavy atom. The van der Waals surface area contributed by atoms with Crippen molar-refractivity contribution in [1.29, 1.82) is 0 Å². The van der Waals surface area contributed by atoms with Crippen molar-refractivity contribution in [3.63, 3.8) is 0 Å². The third-order valence-electron chi connectivity index (χ3n) is 2.66. The molecular formula is C14H14N2O3. The zero-order chi connectivity index (χ0) is 13.8. The molecule has 0 saturated heterocycles. The minimum Gasteiger partial charge on any atom is -0.497 e. The molecule has 0 atom stereocenters. The van der Waals surface area contributed by atoms with Crippen molar-refractivity contribution in [1.82, 2.24) is 9.97 Å². The molecule has 0 radical (unpaired) electrons. The Kier molecular flexibility index (Phi) is 3.75. The normalized spacial score (nSPS) is 10.1. The van der Waals surface area contributed by atoms with Crippen LogP contribution >= 0.6 is 0 Å². The monoisotopic (exact) mass is 258 g/mol. The van der Waals surface area contributed by atoms with Crippen molar-refractivity contribution in [2.75, 3.05) is 14.2 Å². The number of carbonyl (C=O) groups excluding carboxylic acids is 1. The predicted octanol–water partition coefficient (Wildman–Crippen LogP) is 2.36. The van der Waals surface area contributed by atoms with Gasteiger partial charge in [-0.2, -0.15) is 0 Å². The molecule has 1 heterocycles. The molecule has 0 aliphatic heterocycles. The standard InChI is InChI=1S/C14H14N2O3/c1-9(17)14-15-7-6-12(16-14)11-5-4-10(18-2)8-13(11)19-3/h4-8H,1-3H3. The molecule has 0 unspecified atom stereocenters. The van der Waals surface area contributed by atoms with Gasteiger partial charge in [0.05, 0.1) is 19.9 Å². The first-order chi connectivity index (χ1) is 9.15. The molecule has 0 amide bonds. The van der Waals surface area contributed by atoms with E-state index in [4.69, 9.17) is 9.47 Å². The van der Waals surface area contributed by atoms with Gasteiger partial charge in [0.25, 0.3) is 0 Å². The van der Waals surface area contributed by atoms with Crippen molar-refractivity contribution in [3.8, 4) is 22.8 Å². The van der Waals surface area contributed by atoms with Gasteiger partial charge in [-0.3, -0.25) is 4.79 Å².